The topological polar surface area (TPSA) is 259 Å². The summed E-state index contributed by atoms with van der Waals surface area (Å²) in [5, 5.41) is 99.4. The molecule has 0 aromatic rings. The third-order valence-electron chi connectivity index (χ3n) is 18.1. The molecule has 9 rings (SSSR count). The molecule has 350 valence electrons. The molecule has 0 amide bonds. The number of rotatable bonds is 8. The van der Waals surface area contributed by atoms with E-state index in [1.54, 1.807) is 0 Å². The monoisotopic (exact) mass is 871 g/mol. The van der Waals surface area contributed by atoms with E-state index in [9.17, 15) is 46.0 Å². The number of hydrogen-bond donors (Lipinski definition) is 10. The van der Waals surface area contributed by atoms with Crippen LogP contribution >= 0.6 is 0 Å². The quantitative estimate of drug-likeness (QED) is 0.138. The molecule has 5 aliphatic heterocycles. The first kappa shape index (κ1) is 45.5. The van der Waals surface area contributed by atoms with Gasteiger partial charge in [0, 0.05) is 12.5 Å². The molecule has 10 N–H and O–H groups in total. The highest BCUT2D eigenvalue weighted by Gasteiger charge is 2.69. The normalized spacial score (nSPS) is 58.5. The molecule has 4 saturated carbocycles. The van der Waals surface area contributed by atoms with Gasteiger partial charge in [-0.3, -0.25) is 5.32 Å². The van der Waals surface area contributed by atoms with Gasteiger partial charge in [0.25, 0.3) is 0 Å². The van der Waals surface area contributed by atoms with Crippen LogP contribution in [-0.4, -0.2) is 176 Å². The van der Waals surface area contributed by atoms with Crippen molar-refractivity contribution in [2.45, 2.75) is 196 Å². The highest BCUT2D eigenvalue weighted by atomic mass is 16.8. The van der Waals surface area contributed by atoms with Crippen LogP contribution in [0.15, 0.2) is 0 Å². The molecule has 5 saturated heterocycles. The van der Waals surface area contributed by atoms with Crippen molar-refractivity contribution in [2.24, 2.45) is 52.3 Å². The van der Waals surface area contributed by atoms with E-state index in [0.717, 1.165) is 45.1 Å². The largest absolute Gasteiger partial charge is 0.394 e. The minimum atomic E-state index is -1.79. The predicted octanol–water partition coefficient (Wildman–Crippen LogP) is -0.521. The fraction of sp³-hybridized carbons (Fsp3) is 1.00. The molecule has 9 fully saturated rings. The Morgan fingerprint density at radius 3 is 2.05 bits per heavy atom. The first-order valence-corrected chi connectivity index (χ1v) is 23.3. The molecule has 0 bridgehead atoms. The van der Waals surface area contributed by atoms with Crippen molar-refractivity contribution < 1.29 is 79.1 Å². The van der Waals surface area contributed by atoms with E-state index >= 15 is 0 Å². The van der Waals surface area contributed by atoms with Crippen molar-refractivity contribution in [3.63, 3.8) is 0 Å². The highest BCUT2D eigenvalue weighted by molar-refractivity contribution is 5.16. The maximum atomic E-state index is 11.5. The van der Waals surface area contributed by atoms with Crippen LogP contribution in [0.25, 0.3) is 0 Å². The summed E-state index contributed by atoms with van der Waals surface area (Å²) in [6.07, 6.45) is -11.0. The van der Waals surface area contributed by atoms with Crippen LogP contribution < -0.4 is 5.32 Å². The molecule has 26 atom stereocenters. The average molecular weight is 872 g/mol. The van der Waals surface area contributed by atoms with E-state index in [4.69, 9.17) is 33.2 Å². The maximum Gasteiger partial charge on any atom is 0.187 e. The van der Waals surface area contributed by atoms with E-state index in [2.05, 4.69) is 33.0 Å². The third-order valence-corrected chi connectivity index (χ3v) is 18.1. The van der Waals surface area contributed by atoms with Crippen LogP contribution in [0.2, 0.25) is 0 Å². The standard InChI is InChI=1S/C44H73NO16/c1-19-7-12-44(45-15-19)20(2)30-27(61-44)14-25-23-6-5-21-13-22(8-10-42(21,3)24(23)9-11-43(25,30)4)56-40-36(54)34(52)37(29(17-47)58-40)59-41-38(33(51)32(50)28(16-46)57-41)60-39-35(53)31(49)26(48)18-55-39/h19-41,45-54H,5-18H2,1-4H3/t19-,20+,21+,22+,23-,24+,25+,26-,27+,28-,29-,30+,31+,32-,33+,34-,35-,36-,37+,38-,39+,40-,41+,42+,43+,44-/m1/s1. The van der Waals surface area contributed by atoms with Gasteiger partial charge in [-0.05, 0) is 111 Å². The SMILES string of the molecule is C[C@@H]1CC[C@@]2(NC1)O[C@H]1C[C@H]3[C@@H]4CC[C@H]5C[C@@H](O[C@@H]6O[C@H](CO)[C@H](O[C@@H]7O[C@H](CO)[C@@H](O)[C@H](O)[C@H]7O[C@@H]7OC[C@@H](O)[C@H](O)[C@H]7O)[C@H](O)[C@H]6O)CC[C@]5(C)[C@H]4CC[C@]3(C)[C@H]1[C@@H]2C. The average Bonchev–Trinajstić information content (AvgIpc) is 3.69. The number of aliphatic hydroxyl groups excluding tert-OH is 9. The summed E-state index contributed by atoms with van der Waals surface area (Å²) >= 11 is 0. The maximum absolute atomic E-state index is 11.5. The molecule has 61 heavy (non-hydrogen) atoms. The number of fused-ring (bicyclic) bond motifs is 7. The van der Waals surface area contributed by atoms with Crippen LogP contribution in [0, 0.1) is 52.3 Å². The molecule has 0 unspecified atom stereocenters. The van der Waals surface area contributed by atoms with E-state index in [1.165, 1.54) is 25.7 Å². The van der Waals surface area contributed by atoms with Crippen LogP contribution in [0.1, 0.15) is 91.9 Å². The molecular weight excluding hydrogens is 798 g/mol. The lowest BCUT2D eigenvalue weighted by Crippen LogP contribution is -2.66. The minimum Gasteiger partial charge on any atom is -0.394 e. The Labute approximate surface area is 358 Å². The van der Waals surface area contributed by atoms with Crippen LogP contribution in [0.3, 0.4) is 0 Å². The Morgan fingerprint density at radius 1 is 0.639 bits per heavy atom. The Bertz CT molecular complexity index is 1520. The molecule has 9 aliphatic rings. The lowest BCUT2D eigenvalue weighted by atomic mass is 9.44. The van der Waals surface area contributed by atoms with Crippen molar-refractivity contribution in [3.8, 4) is 0 Å². The van der Waals surface area contributed by atoms with Gasteiger partial charge in [0.1, 0.15) is 72.9 Å². The number of piperidine rings is 1. The van der Waals surface area contributed by atoms with E-state index in [-0.39, 0.29) is 22.7 Å². The predicted molar refractivity (Wildman–Crippen MR) is 212 cm³/mol. The van der Waals surface area contributed by atoms with Gasteiger partial charge in [-0.15, -0.1) is 0 Å². The summed E-state index contributed by atoms with van der Waals surface area (Å²) in [6, 6.07) is 0. The zero-order valence-electron chi connectivity index (χ0n) is 36.1. The van der Waals surface area contributed by atoms with Gasteiger partial charge in [0.05, 0.1) is 32.0 Å². The summed E-state index contributed by atoms with van der Waals surface area (Å²) in [6.45, 7) is 9.10. The van der Waals surface area contributed by atoms with Crippen molar-refractivity contribution in [1.82, 2.24) is 5.32 Å². The van der Waals surface area contributed by atoms with Crippen molar-refractivity contribution in [1.29, 1.82) is 0 Å². The van der Waals surface area contributed by atoms with Crippen LogP contribution in [0.5, 0.6) is 0 Å². The van der Waals surface area contributed by atoms with Gasteiger partial charge in [0.2, 0.25) is 0 Å². The number of hydrogen-bond acceptors (Lipinski definition) is 17. The van der Waals surface area contributed by atoms with Crippen molar-refractivity contribution in [2.75, 3.05) is 26.4 Å². The highest BCUT2D eigenvalue weighted by Crippen LogP contribution is 2.71. The molecule has 5 heterocycles. The first-order valence-electron chi connectivity index (χ1n) is 23.3. The number of nitrogens with one attached hydrogen (secondary N) is 1. The Morgan fingerprint density at radius 2 is 1.33 bits per heavy atom. The molecular formula is C44H73NO16. The molecule has 17 heteroatoms. The van der Waals surface area contributed by atoms with Gasteiger partial charge in [-0.1, -0.05) is 27.7 Å². The molecule has 1 spiro atoms. The van der Waals surface area contributed by atoms with Gasteiger partial charge in [0.15, 0.2) is 18.9 Å². The van der Waals surface area contributed by atoms with Gasteiger partial charge in [-0.2, -0.15) is 0 Å². The second kappa shape index (κ2) is 17.2. The van der Waals surface area contributed by atoms with Crippen LogP contribution in [-0.2, 0) is 33.2 Å². The van der Waals surface area contributed by atoms with Gasteiger partial charge < -0.3 is 79.1 Å². The summed E-state index contributed by atoms with van der Waals surface area (Å²) in [4.78, 5) is 0. The fourth-order valence-electron chi connectivity index (χ4n) is 14.6. The zero-order valence-corrected chi connectivity index (χ0v) is 36.1. The molecule has 0 aromatic heterocycles. The second-order valence-corrected chi connectivity index (χ2v) is 21.2. The summed E-state index contributed by atoms with van der Waals surface area (Å²) in [7, 11) is 0. The fourth-order valence-corrected chi connectivity index (χ4v) is 14.6. The third kappa shape index (κ3) is 7.58. The lowest BCUT2D eigenvalue weighted by molar-refractivity contribution is -0.385. The Hall–Kier alpha value is -0.680. The molecule has 0 aromatic carbocycles. The molecule has 4 aliphatic carbocycles. The Balaban J connectivity index is 0.830. The summed E-state index contributed by atoms with van der Waals surface area (Å²) in [5.41, 5.74) is 0.274. The zero-order chi connectivity index (χ0) is 43.3. The summed E-state index contributed by atoms with van der Waals surface area (Å²) in [5.74, 6) is 4.15. The van der Waals surface area contributed by atoms with Crippen molar-refractivity contribution >= 4 is 0 Å². The summed E-state index contributed by atoms with van der Waals surface area (Å²) < 4.78 is 42.5. The van der Waals surface area contributed by atoms with E-state index < -0.39 is 106 Å². The lowest BCUT2D eigenvalue weighted by Gasteiger charge is -2.61. The number of ether oxygens (including phenoxy) is 7. The Kier molecular flexibility index (Phi) is 12.8. The number of aliphatic hydroxyl groups is 9. The van der Waals surface area contributed by atoms with Gasteiger partial charge in [-0.25, -0.2) is 0 Å². The van der Waals surface area contributed by atoms with E-state index in [0.29, 0.717) is 47.5 Å². The van der Waals surface area contributed by atoms with E-state index in [1.807, 2.05) is 0 Å². The first-order chi connectivity index (χ1) is 29.0. The molecule has 0 radical (unpaired) electrons. The molecule has 17 nitrogen and oxygen atoms in total. The minimum absolute atomic E-state index is 0.161. The van der Waals surface area contributed by atoms with Gasteiger partial charge >= 0.3 is 0 Å². The second-order valence-electron chi connectivity index (χ2n) is 21.2. The van der Waals surface area contributed by atoms with Crippen LogP contribution in [0.4, 0.5) is 0 Å². The van der Waals surface area contributed by atoms with Crippen molar-refractivity contribution in [3.05, 3.63) is 0 Å². The smallest absolute Gasteiger partial charge is 0.187 e.